The maximum absolute atomic E-state index is 5.90. The molecule has 1 fully saturated rings. The fourth-order valence-corrected chi connectivity index (χ4v) is 2.03. The molecule has 2 rings (SSSR count). The maximum atomic E-state index is 5.90. The van der Waals surface area contributed by atoms with Crippen LogP contribution in [0.15, 0.2) is 29.3 Å². The highest BCUT2D eigenvalue weighted by atomic mass is 15.2. The second kappa shape index (κ2) is 6.06. The van der Waals surface area contributed by atoms with E-state index in [0.29, 0.717) is 12.0 Å². The summed E-state index contributed by atoms with van der Waals surface area (Å²) in [5.74, 6) is 0.486. The number of likely N-dealkylation sites (N-methyl/N-ethyl adjacent to an activating group) is 1. The number of anilines is 1. The molecule has 0 spiro atoms. The molecule has 0 heterocycles. The monoisotopic (exact) mass is 260 g/mol. The Labute approximate surface area is 115 Å². The summed E-state index contributed by atoms with van der Waals surface area (Å²) in [7, 11) is 2.17. The minimum absolute atomic E-state index is 0.436. The van der Waals surface area contributed by atoms with Gasteiger partial charge in [0.05, 0.1) is 6.54 Å². The number of hydrogen-bond acceptors (Lipinski definition) is 2. The van der Waals surface area contributed by atoms with Gasteiger partial charge in [-0.15, -0.1) is 0 Å². The average Bonchev–Trinajstić information content (AvgIpc) is 3.22. The van der Waals surface area contributed by atoms with Crippen molar-refractivity contribution >= 4 is 11.6 Å². The minimum Gasteiger partial charge on any atom is -0.370 e. The van der Waals surface area contributed by atoms with E-state index in [0.717, 1.165) is 18.3 Å². The molecule has 0 radical (unpaired) electrons. The molecule has 0 saturated heterocycles. The van der Waals surface area contributed by atoms with Crippen LogP contribution in [-0.2, 0) is 0 Å². The zero-order chi connectivity index (χ0) is 13.8. The molecule has 4 nitrogen and oxygen atoms in total. The highest BCUT2D eigenvalue weighted by Gasteiger charge is 2.28. The van der Waals surface area contributed by atoms with Gasteiger partial charge in [0.15, 0.2) is 5.96 Å². The number of hydrogen-bond donors (Lipinski definition) is 2. The lowest BCUT2D eigenvalue weighted by Crippen LogP contribution is -2.34. The normalized spacial score (nSPS) is 17.6. The molecule has 0 aromatic heterocycles. The van der Waals surface area contributed by atoms with E-state index < -0.39 is 0 Å². The number of rotatable bonds is 5. The topological polar surface area (TPSA) is 53.6 Å². The molecular formula is C15H24N4. The van der Waals surface area contributed by atoms with Crippen LogP contribution in [0.25, 0.3) is 0 Å². The number of nitrogens with one attached hydrogen (secondary N) is 1. The van der Waals surface area contributed by atoms with Gasteiger partial charge in [0.2, 0.25) is 0 Å². The summed E-state index contributed by atoms with van der Waals surface area (Å²) in [5, 5.41) is 3.12. The third-order valence-electron chi connectivity index (χ3n) is 3.67. The van der Waals surface area contributed by atoms with Crippen LogP contribution in [0.4, 0.5) is 5.69 Å². The molecule has 4 heteroatoms. The molecule has 1 atom stereocenters. The summed E-state index contributed by atoms with van der Waals surface area (Å²) in [6.07, 6.45) is 2.64. The Balaban J connectivity index is 1.83. The van der Waals surface area contributed by atoms with Crippen LogP contribution in [0.1, 0.15) is 25.3 Å². The third-order valence-corrected chi connectivity index (χ3v) is 3.67. The Morgan fingerprint density at radius 3 is 2.63 bits per heavy atom. The van der Waals surface area contributed by atoms with Crippen LogP contribution in [0.2, 0.25) is 0 Å². The lowest BCUT2D eigenvalue weighted by atomic mass is 10.2. The van der Waals surface area contributed by atoms with Crippen LogP contribution in [0, 0.1) is 6.92 Å². The lowest BCUT2D eigenvalue weighted by Gasteiger charge is -2.22. The van der Waals surface area contributed by atoms with E-state index in [1.165, 1.54) is 18.4 Å². The van der Waals surface area contributed by atoms with Crippen LogP contribution in [0.3, 0.4) is 0 Å². The molecule has 0 amide bonds. The van der Waals surface area contributed by atoms with Crippen molar-refractivity contribution in [2.75, 3.05) is 18.9 Å². The van der Waals surface area contributed by atoms with Crippen molar-refractivity contribution in [3.63, 3.8) is 0 Å². The van der Waals surface area contributed by atoms with Crippen LogP contribution in [0.5, 0.6) is 0 Å². The van der Waals surface area contributed by atoms with Crippen molar-refractivity contribution in [2.24, 2.45) is 10.7 Å². The first-order valence-corrected chi connectivity index (χ1v) is 6.92. The molecule has 0 aliphatic heterocycles. The Hall–Kier alpha value is -1.55. The predicted octanol–water partition coefficient (Wildman–Crippen LogP) is 2.20. The molecule has 19 heavy (non-hydrogen) atoms. The van der Waals surface area contributed by atoms with E-state index in [9.17, 15) is 0 Å². The Morgan fingerprint density at radius 2 is 2.05 bits per heavy atom. The van der Waals surface area contributed by atoms with E-state index in [-0.39, 0.29) is 0 Å². The van der Waals surface area contributed by atoms with Gasteiger partial charge in [-0.2, -0.15) is 0 Å². The van der Waals surface area contributed by atoms with E-state index in [4.69, 9.17) is 5.73 Å². The van der Waals surface area contributed by atoms with Gasteiger partial charge in [-0.3, -0.25) is 9.89 Å². The van der Waals surface area contributed by atoms with Crippen molar-refractivity contribution in [2.45, 2.75) is 38.8 Å². The molecule has 1 aromatic rings. The molecule has 104 valence electrons. The smallest absolute Gasteiger partial charge is 0.193 e. The van der Waals surface area contributed by atoms with E-state index >= 15 is 0 Å². The number of aliphatic imine (C=N–C) groups is 1. The van der Waals surface area contributed by atoms with Gasteiger partial charge in [-0.05, 0) is 45.9 Å². The number of nitrogens with two attached hydrogens (primary N) is 1. The SMILES string of the molecule is Cc1ccc(NC(N)=NCC(C)N(C)C2CC2)cc1. The molecule has 1 saturated carbocycles. The zero-order valence-corrected chi connectivity index (χ0v) is 12.1. The molecule has 1 unspecified atom stereocenters. The highest BCUT2D eigenvalue weighted by Crippen LogP contribution is 2.26. The van der Waals surface area contributed by atoms with Crippen LogP contribution < -0.4 is 11.1 Å². The molecule has 1 aromatic carbocycles. The predicted molar refractivity (Wildman–Crippen MR) is 81.5 cm³/mol. The van der Waals surface area contributed by atoms with Gasteiger partial charge in [-0.1, -0.05) is 17.7 Å². The molecule has 0 bridgehead atoms. The number of guanidine groups is 1. The summed E-state index contributed by atoms with van der Waals surface area (Å²) in [6, 6.07) is 9.33. The van der Waals surface area contributed by atoms with E-state index in [1.54, 1.807) is 0 Å². The second-order valence-electron chi connectivity index (χ2n) is 5.46. The Morgan fingerprint density at radius 1 is 1.42 bits per heavy atom. The van der Waals surface area contributed by atoms with Crippen molar-refractivity contribution in [3.05, 3.63) is 29.8 Å². The molecular weight excluding hydrogens is 236 g/mol. The summed E-state index contributed by atoms with van der Waals surface area (Å²) < 4.78 is 0. The molecule has 1 aliphatic rings. The summed E-state index contributed by atoms with van der Waals surface area (Å²) in [6.45, 7) is 5.00. The summed E-state index contributed by atoms with van der Waals surface area (Å²) in [4.78, 5) is 6.81. The van der Waals surface area contributed by atoms with Gasteiger partial charge in [0.1, 0.15) is 0 Å². The van der Waals surface area contributed by atoms with Crippen molar-refractivity contribution in [3.8, 4) is 0 Å². The fraction of sp³-hybridized carbons (Fsp3) is 0.533. The van der Waals surface area contributed by atoms with Gasteiger partial charge in [0, 0.05) is 17.8 Å². The Bertz CT molecular complexity index is 434. The molecule has 3 N–H and O–H groups in total. The third kappa shape index (κ3) is 4.24. The van der Waals surface area contributed by atoms with E-state index in [2.05, 4.69) is 48.2 Å². The lowest BCUT2D eigenvalue weighted by molar-refractivity contribution is 0.253. The summed E-state index contributed by atoms with van der Waals surface area (Å²) in [5.41, 5.74) is 8.12. The number of benzene rings is 1. The first-order valence-electron chi connectivity index (χ1n) is 6.92. The minimum atomic E-state index is 0.436. The van der Waals surface area contributed by atoms with Crippen LogP contribution in [-0.4, -0.2) is 36.5 Å². The van der Waals surface area contributed by atoms with Crippen LogP contribution >= 0.6 is 0 Å². The van der Waals surface area contributed by atoms with E-state index in [1.807, 2.05) is 12.1 Å². The van der Waals surface area contributed by atoms with Gasteiger partial charge < -0.3 is 11.1 Å². The fourth-order valence-electron chi connectivity index (χ4n) is 2.03. The van der Waals surface area contributed by atoms with Gasteiger partial charge in [0.25, 0.3) is 0 Å². The largest absolute Gasteiger partial charge is 0.370 e. The molecule has 1 aliphatic carbocycles. The standard InChI is InChI=1S/C15H24N4/c1-11-4-6-13(7-5-11)18-15(16)17-10-12(2)19(3)14-8-9-14/h4-7,12,14H,8-10H2,1-3H3,(H3,16,17,18). The van der Waals surface area contributed by atoms with Crippen molar-refractivity contribution in [1.82, 2.24) is 4.90 Å². The number of nitrogens with zero attached hydrogens (tertiary/aromatic N) is 2. The van der Waals surface area contributed by atoms with Crippen molar-refractivity contribution < 1.29 is 0 Å². The van der Waals surface area contributed by atoms with Crippen molar-refractivity contribution in [1.29, 1.82) is 0 Å². The number of aryl methyl sites for hydroxylation is 1. The van der Waals surface area contributed by atoms with Gasteiger partial charge >= 0.3 is 0 Å². The summed E-state index contributed by atoms with van der Waals surface area (Å²) >= 11 is 0. The average molecular weight is 260 g/mol. The maximum Gasteiger partial charge on any atom is 0.193 e. The Kier molecular flexibility index (Phi) is 4.43. The van der Waals surface area contributed by atoms with Gasteiger partial charge in [-0.25, -0.2) is 0 Å². The second-order valence-corrected chi connectivity index (χ2v) is 5.46. The highest BCUT2D eigenvalue weighted by molar-refractivity contribution is 5.92. The first-order chi connectivity index (χ1) is 9.06. The first kappa shape index (κ1) is 13.9. The zero-order valence-electron chi connectivity index (χ0n) is 12.1. The quantitative estimate of drug-likeness (QED) is 0.630.